The van der Waals surface area contributed by atoms with Crippen molar-refractivity contribution in [2.45, 2.75) is 13.0 Å². The SMILES string of the molecule is Cc1cccc(N2CC(CNC(=O)c3ccc(F)c(F)c3)OC2=O)c1. The quantitative estimate of drug-likeness (QED) is 0.926. The third-order valence-corrected chi connectivity index (χ3v) is 3.86. The number of hydrogen-bond donors (Lipinski definition) is 1. The summed E-state index contributed by atoms with van der Waals surface area (Å²) in [5, 5.41) is 2.56. The Labute approximate surface area is 143 Å². The van der Waals surface area contributed by atoms with Gasteiger partial charge in [-0.15, -0.1) is 0 Å². The molecule has 2 aromatic carbocycles. The van der Waals surface area contributed by atoms with Crippen LogP contribution >= 0.6 is 0 Å². The Bertz CT molecular complexity index is 826. The van der Waals surface area contributed by atoms with Gasteiger partial charge in [0.2, 0.25) is 0 Å². The largest absolute Gasteiger partial charge is 0.442 e. The molecule has 0 aromatic heterocycles. The number of carbonyl (C=O) groups excluding carboxylic acids is 2. The lowest BCUT2D eigenvalue weighted by Gasteiger charge is -2.13. The summed E-state index contributed by atoms with van der Waals surface area (Å²) in [6, 6.07) is 10.3. The van der Waals surface area contributed by atoms with E-state index in [2.05, 4.69) is 5.32 Å². The fourth-order valence-corrected chi connectivity index (χ4v) is 2.58. The summed E-state index contributed by atoms with van der Waals surface area (Å²) in [4.78, 5) is 25.5. The second-order valence-electron chi connectivity index (χ2n) is 5.79. The van der Waals surface area contributed by atoms with Gasteiger partial charge >= 0.3 is 6.09 Å². The molecule has 1 atom stereocenters. The summed E-state index contributed by atoms with van der Waals surface area (Å²) in [7, 11) is 0. The molecule has 0 aliphatic carbocycles. The molecule has 3 rings (SSSR count). The van der Waals surface area contributed by atoms with E-state index >= 15 is 0 Å². The number of cyclic esters (lactones) is 1. The highest BCUT2D eigenvalue weighted by molar-refractivity contribution is 5.94. The topological polar surface area (TPSA) is 58.6 Å². The number of aryl methyl sites for hydroxylation is 1. The summed E-state index contributed by atoms with van der Waals surface area (Å²) in [6.45, 7) is 2.29. The molecule has 130 valence electrons. The Morgan fingerprint density at radius 2 is 2.04 bits per heavy atom. The van der Waals surface area contributed by atoms with Gasteiger partial charge in [0.1, 0.15) is 6.10 Å². The van der Waals surface area contributed by atoms with Crippen molar-refractivity contribution in [1.82, 2.24) is 5.32 Å². The molecule has 1 unspecified atom stereocenters. The van der Waals surface area contributed by atoms with Crippen LogP contribution in [0.4, 0.5) is 19.3 Å². The first kappa shape index (κ1) is 16.9. The number of halogens is 2. The normalized spacial score (nSPS) is 16.7. The number of carbonyl (C=O) groups is 2. The van der Waals surface area contributed by atoms with Crippen molar-refractivity contribution < 1.29 is 23.1 Å². The molecule has 0 bridgehead atoms. The third-order valence-electron chi connectivity index (χ3n) is 3.86. The van der Waals surface area contributed by atoms with Crippen LogP contribution in [0.5, 0.6) is 0 Å². The molecule has 1 saturated heterocycles. The summed E-state index contributed by atoms with van der Waals surface area (Å²) in [5.41, 5.74) is 1.73. The molecule has 1 N–H and O–H groups in total. The molecule has 1 fully saturated rings. The standard InChI is InChI=1S/C18H16F2N2O3/c1-11-3-2-4-13(7-11)22-10-14(25-18(22)24)9-21-17(23)12-5-6-15(19)16(20)8-12/h2-8,14H,9-10H2,1H3,(H,21,23). The average molecular weight is 346 g/mol. The van der Waals surface area contributed by atoms with Crippen LogP contribution in [0.15, 0.2) is 42.5 Å². The Morgan fingerprint density at radius 1 is 1.24 bits per heavy atom. The van der Waals surface area contributed by atoms with Crippen LogP contribution in [-0.2, 0) is 4.74 Å². The van der Waals surface area contributed by atoms with E-state index in [9.17, 15) is 18.4 Å². The molecule has 5 nitrogen and oxygen atoms in total. The van der Waals surface area contributed by atoms with Crippen molar-refractivity contribution in [3.8, 4) is 0 Å². The molecular weight excluding hydrogens is 330 g/mol. The summed E-state index contributed by atoms with van der Waals surface area (Å²) in [6.07, 6.45) is -1.01. The number of benzene rings is 2. The average Bonchev–Trinajstić information content (AvgIpc) is 2.96. The maximum atomic E-state index is 13.2. The molecule has 25 heavy (non-hydrogen) atoms. The second kappa shape index (κ2) is 6.88. The summed E-state index contributed by atoms with van der Waals surface area (Å²) >= 11 is 0. The van der Waals surface area contributed by atoms with E-state index in [0.717, 1.165) is 23.4 Å². The minimum absolute atomic E-state index is 0.00114. The van der Waals surface area contributed by atoms with Crippen LogP contribution in [0.25, 0.3) is 0 Å². The van der Waals surface area contributed by atoms with Crippen molar-refractivity contribution >= 4 is 17.7 Å². The number of ether oxygens (including phenoxy) is 1. The van der Waals surface area contributed by atoms with Crippen LogP contribution in [0, 0.1) is 18.6 Å². The lowest BCUT2D eigenvalue weighted by molar-refractivity contribution is 0.0915. The minimum Gasteiger partial charge on any atom is -0.442 e. The van der Waals surface area contributed by atoms with Crippen LogP contribution < -0.4 is 10.2 Å². The monoisotopic (exact) mass is 346 g/mol. The van der Waals surface area contributed by atoms with Crippen LogP contribution in [0.2, 0.25) is 0 Å². The highest BCUT2D eigenvalue weighted by atomic mass is 19.2. The van der Waals surface area contributed by atoms with Gasteiger partial charge in [-0.2, -0.15) is 0 Å². The Balaban J connectivity index is 1.60. The number of anilines is 1. The smallest absolute Gasteiger partial charge is 0.414 e. The summed E-state index contributed by atoms with van der Waals surface area (Å²) < 4.78 is 31.3. The van der Waals surface area contributed by atoms with Crippen molar-refractivity contribution in [1.29, 1.82) is 0 Å². The molecule has 2 amide bonds. The van der Waals surface area contributed by atoms with Gasteiger partial charge in [0.05, 0.1) is 13.1 Å². The molecule has 2 aromatic rings. The Hall–Kier alpha value is -2.96. The number of hydrogen-bond acceptors (Lipinski definition) is 3. The van der Waals surface area contributed by atoms with Crippen LogP contribution in [0.3, 0.4) is 0 Å². The zero-order valence-electron chi connectivity index (χ0n) is 13.5. The number of nitrogens with one attached hydrogen (secondary N) is 1. The Morgan fingerprint density at radius 3 is 2.76 bits per heavy atom. The summed E-state index contributed by atoms with van der Waals surface area (Å²) in [5.74, 6) is -2.68. The predicted molar refractivity (Wildman–Crippen MR) is 87.5 cm³/mol. The Kier molecular flexibility index (Phi) is 4.65. The first-order valence-electron chi connectivity index (χ1n) is 7.72. The highest BCUT2D eigenvalue weighted by Crippen LogP contribution is 2.22. The van der Waals surface area contributed by atoms with Crippen LogP contribution in [0.1, 0.15) is 15.9 Å². The van der Waals surface area contributed by atoms with Crippen molar-refractivity contribution in [3.63, 3.8) is 0 Å². The van der Waals surface area contributed by atoms with Gasteiger partial charge in [0.15, 0.2) is 11.6 Å². The van der Waals surface area contributed by atoms with E-state index in [1.807, 2.05) is 25.1 Å². The lowest BCUT2D eigenvalue weighted by Crippen LogP contribution is -2.34. The van der Waals surface area contributed by atoms with E-state index in [1.165, 1.54) is 11.0 Å². The fraction of sp³-hybridized carbons (Fsp3) is 0.222. The van der Waals surface area contributed by atoms with Gasteiger partial charge in [-0.1, -0.05) is 12.1 Å². The second-order valence-corrected chi connectivity index (χ2v) is 5.79. The van der Waals surface area contributed by atoms with Gasteiger partial charge in [0.25, 0.3) is 5.91 Å². The van der Waals surface area contributed by atoms with Gasteiger partial charge in [0, 0.05) is 11.3 Å². The predicted octanol–water partition coefficient (Wildman–Crippen LogP) is 3.03. The molecule has 7 heteroatoms. The molecule has 1 heterocycles. The maximum absolute atomic E-state index is 13.2. The maximum Gasteiger partial charge on any atom is 0.414 e. The first-order valence-corrected chi connectivity index (χ1v) is 7.72. The zero-order valence-corrected chi connectivity index (χ0v) is 13.5. The number of rotatable bonds is 4. The fourth-order valence-electron chi connectivity index (χ4n) is 2.58. The van der Waals surface area contributed by atoms with Gasteiger partial charge in [-0.3, -0.25) is 9.69 Å². The molecule has 1 aliphatic rings. The van der Waals surface area contributed by atoms with E-state index in [0.29, 0.717) is 6.54 Å². The molecule has 0 radical (unpaired) electrons. The third kappa shape index (κ3) is 3.76. The van der Waals surface area contributed by atoms with Gasteiger partial charge in [-0.05, 0) is 42.8 Å². The van der Waals surface area contributed by atoms with E-state index < -0.39 is 29.7 Å². The lowest BCUT2D eigenvalue weighted by atomic mass is 10.2. The number of amides is 2. The first-order chi connectivity index (χ1) is 11.9. The van der Waals surface area contributed by atoms with Crippen molar-refractivity contribution in [2.75, 3.05) is 18.0 Å². The molecule has 1 aliphatic heterocycles. The molecular formula is C18H16F2N2O3. The number of nitrogens with zero attached hydrogens (tertiary/aromatic N) is 1. The van der Waals surface area contributed by atoms with Crippen LogP contribution in [-0.4, -0.2) is 31.2 Å². The van der Waals surface area contributed by atoms with E-state index in [1.54, 1.807) is 6.07 Å². The highest BCUT2D eigenvalue weighted by Gasteiger charge is 2.32. The van der Waals surface area contributed by atoms with E-state index in [4.69, 9.17) is 4.74 Å². The minimum atomic E-state index is -1.09. The molecule has 0 saturated carbocycles. The van der Waals surface area contributed by atoms with Gasteiger partial charge < -0.3 is 10.1 Å². The zero-order chi connectivity index (χ0) is 18.0. The van der Waals surface area contributed by atoms with E-state index in [-0.39, 0.29) is 12.1 Å². The van der Waals surface area contributed by atoms with Crippen molar-refractivity contribution in [3.05, 3.63) is 65.2 Å². The van der Waals surface area contributed by atoms with Crippen molar-refractivity contribution in [2.24, 2.45) is 0 Å². The molecule has 0 spiro atoms. The van der Waals surface area contributed by atoms with Gasteiger partial charge in [-0.25, -0.2) is 13.6 Å².